The number of esters is 1. The van der Waals surface area contributed by atoms with Crippen LogP contribution in [0.4, 0.5) is 11.4 Å². The molecule has 0 aliphatic carbocycles. The maximum Gasteiger partial charge on any atom is 0.338 e. The number of hydrogen-bond donors (Lipinski definition) is 2. The molecule has 0 fully saturated rings. The molecule has 0 atom stereocenters. The zero-order chi connectivity index (χ0) is 23.4. The highest BCUT2D eigenvalue weighted by atomic mass is 16.5. The van der Waals surface area contributed by atoms with Crippen molar-refractivity contribution in [1.29, 1.82) is 0 Å². The van der Waals surface area contributed by atoms with Gasteiger partial charge in [-0.1, -0.05) is 6.42 Å². The summed E-state index contributed by atoms with van der Waals surface area (Å²) in [6, 6.07) is 11.2. The lowest BCUT2D eigenvalue weighted by Crippen LogP contribution is -2.25. The van der Waals surface area contributed by atoms with Gasteiger partial charge >= 0.3 is 5.97 Å². The Hall–Kier alpha value is -4.01. The molecular formula is C24H24N4O5. The molecule has 4 rings (SSSR count). The number of ether oxygens (including phenoxy) is 1. The zero-order valence-electron chi connectivity index (χ0n) is 18.2. The molecule has 0 bridgehead atoms. The molecule has 1 aromatic heterocycles. The van der Waals surface area contributed by atoms with Crippen molar-refractivity contribution >= 4 is 40.1 Å². The van der Waals surface area contributed by atoms with E-state index in [1.807, 2.05) is 0 Å². The van der Waals surface area contributed by atoms with Crippen molar-refractivity contribution in [2.45, 2.75) is 39.2 Å². The van der Waals surface area contributed by atoms with Crippen LogP contribution in [0, 0.1) is 0 Å². The summed E-state index contributed by atoms with van der Waals surface area (Å²) in [5.74, 6) is -0.634. The zero-order valence-corrected chi connectivity index (χ0v) is 18.2. The number of nitrogens with zero attached hydrogens (tertiary/aromatic N) is 2. The summed E-state index contributed by atoms with van der Waals surface area (Å²) in [5, 5.41) is 5.71. The fourth-order valence-electron chi connectivity index (χ4n) is 3.80. The molecular weight excluding hydrogens is 424 g/mol. The van der Waals surface area contributed by atoms with Crippen LogP contribution in [0.2, 0.25) is 0 Å². The molecule has 33 heavy (non-hydrogen) atoms. The van der Waals surface area contributed by atoms with E-state index in [4.69, 9.17) is 4.74 Å². The average Bonchev–Trinajstić information content (AvgIpc) is 3.04. The maximum atomic E-state index is 12.8. The first-order chi connectivity index (χ1) is 15.9. The van der Waals surface area contributed by atoms with E-state index in [0.29, 0.717) is 28.8 Å². The molecule has 2 aromatic carbocycles. The highest BCUT2D eigenvalue weighted by molar-refractivity contribution is 5.97. The predicted molar refractivity (Wildman–Crippen MR) is 123 cm³/mol. The monoisotopic (exact) mass is 448 g/mol. The number of carbonyl (C=O) groups is 3. The standard InChI is InChI=1S/C24H24N4O5/c1-15(29)25-17-7-9-18(10-8-17)26-22(30)14-33-24(32)16-6-11-19-20(13-16)27-21-5-3-2-4-12-28(21)23(19)31/h6-11,13H,2-5,12,14H2,1H3,(H,25,29)(H,26,30). The molecule has 2 N–H and O–H groups in total. The van der Waals surface area contributed by atoms with Gasteiger partial charge in [0.05, 0.1) is 16.5 Å². The number of nitrogens with one attached hydrogen (secondary N) is 2. The van der Waals surface area contributed by atoms with Crippen LogP contribution in [0.3, 0.4) is 0 Å². The Bertz CT molecular complexity index is 1280. The third-order valence-corrected chi connectivity index (χ3v) is 5.38. The largest absolute Gasteiger partial charge is 0.452 e. The van der Waals surface area contributed by atoms with Crippen LogP contribution in [0.25, 0.3) is 10.9 Å². The van der Waals surface area contributed by atoms with Gasteiger partial charge in [-0.3, -0.25) is 19.0 Å². The van der Waals surface area contributed by atoms with E-state index in [2.05, 4.69) is 15.6 Å². The quantitative estimate of drug-likeness (QED) is 0.579. The average molecular weight is 448 g/mol. The van der Waals surface area contributed by atoms with Gasteiger partial charge < -0.3 is 15.4 Å². The minimum Gasteiger partial charge on any atom is -0.452 e. The summed E-state index contributed by atoms with van der Waals surface area (Å²) in [7, 11) is 0. The van der Waals surface area contributed by atoms with Crippen molar-refractivity contribution in [2.75, 3.05) is 17.2 Å². The first kappa shape index (κ1) is 22.2. The predicted octanol–water partition coefficient (Wildman–Crippen LogP) is 2.88. The minimum atomic E-state index is -0.676. The lowest BCUT2D eigenvalue weighted by atomic mass is 10.1. The van der Waals surface area contributed by atoms with Crippen LogP contribution in [0.15, 0.2) is 47.3 Å². The summed E-state index contributed by atoms with van der Waals surface area (Å²) in [6.07, 6.45) is 3.71. The minimum absolute atomic E-state index is 0.0966. The fourth-order valence-corrected chi connectivity index (χ4v) is 3.80. The Morgan fingerprint density at radius 1 is 1.00 bits per heavy atom. The molecule has 1 aliphatic rings. The lowest BCUT2D eigenvalue weighted by Gasteiger charge is -2.11. The second-order valence-electron chi connectivity index (χ2n) is 7.91. The van der Waals surface area contributed by atoms with Crippen LogP contribution < -0.4 is 16.2 Å². The first-order valence-corrected chi connectivity index (χ1v) is 10.8. The number of benzene rings is 2. The smallest absolute Gasteiger partial charge is 0.338 e. The van der Waals surface area contributed by atoms with E-state index < -0.39 is 18.5 Å². The van der Waals surface area contributed by atoms with E-state index >= 15 is 0 Å². The first-order valence-electron chi connectivity index (χ1n) is 10.8. The van der Waals surface area contributed by atoms with Crippen LogP contribution in [0.1, 0.15) is 42.4 Å². The van der Waals surface area contributed by atoms with E-state index in [0.717, 1.165) is 31.5 Å². The topological polar surface area (TPSA) is 119 Å². The summed E-state index contributed by atoms with van der Waals surface area (Å²) in [4.78, 5) is 53.1. The number of carbonyl (C=O) groups excluding carboxylic acids is 3. The molecule has 3 aromatic rings. The Kier molecular flexibility index (Phi) is 6.48. The van der Waals surface area contributed by atoms with Gasteiger partial charge in [0.2, 0.25) is 5.91 Å². The third-order valence-electron chi connectivity index (χ3n) is 5.38. The number of anilines is 2. The molecule has 9 heteroatoms. The molecule has 0 radical (unpaired) electrons. The highest BCUT2D eigenvalue weighted by Crippen LogP contribution is 2.17. The summed E-state index contributed by atoms with van der Waals surface area (Å²) in [5.41, 5.74) is 1.68. The molecule has 0 saturated carbocycles. The molecule has 2 amide bonds. The van der Waals surface area contributed by atoms with Gasteiger partial charge in [-0.15, -0.1) is 0 Å². The van der Waals surface area contributed by atoms with Crippen LogP contribution in [-0.2, 0) is 27.3 Å². The number of fused-ring (bicyclic) bond motifs is 2. The summed E-state index contributed by atoms with van der Waals surface area (Å²) in [6.45, 7) is 1.60. The fraction of sp³-hybridized carbons (Fsp3) is 0.292. The Morgan fingerprint density at radius 2 is 1.73 bits per heavy atom. The van der Waals surface area contributed by atoms with Crippen molar-refractivity contribution in [3.8, 4) is 0 Å². The Labute approximate surface area is 189 Å². The number of amides is 2. The second kappa shape index (κ2) is 9.64. The van der Waals surface area contributed by atoms with Gasteiger partial charge in [-0.05, 0) is 55.3 Å². The molecule has 1 aliphatic heterocycles. The van der Waals surface area contributed by atoms with Gasteiger partial charge in [0.15, 0.2) is 6.61 Å². The molecule has 0 unspecified atom stereocenters. The SMILES string of the molecule is CC(=O)Nc1ccc(NC(=O)COC(=O)c2ccc3c(=O)n4c(nc3c2)CCCCC4)cc1. The van der Waals surface area contributed by atoms with Crippen LogP contribution in [0.5, 0.6) is 0 Å². The molecule has 2 heterocycles. The third kappa shape index (κ3) is 5.25. The number of aromatic nitrogens is 2. The molecule has 0 saturated heterocycles. The molecule has 9 nitrogen and oxygen atoms in total. The Balaban J connectivity index is 1.40. The van der Waals surface area contributed by atoms with Crippen LogP contribution in [-0.4, -0.2) is 33.9 Å². The van der Waals surface area contributed by atoms with Crippen molar-refractivity contribution in [2.24, 2.45) is 0 Å². The molecule has 170 valence electrons. The normalized spacial score (nSPS) is 13.0. The van der Waals surface area contributed by atoms with Crippen molar-refractivity contribution in [1.82, 2.24) is 9.55 Å². The van der Waals surface area contributed by atoms with E-state index in [1.165, 1.54) is 19.1 Å². The van der Waals surface area contributed by atoms with Gasteiger partial charge in [0.1, 0.15) is 5.82 Å². The van der Waals surface area contributed by atoms with E-state index in [9.17, 15) is 19.2 Å². The highest BCUT2D eigenvalue weighted by Gasteiger charge is 2.16. The van der Waals surface area contributed by atoms with Crippen molar-refractivity contribution < 1.29 is 19.1 Å². The number of aryl methyl sites for hydroxylation is 1. The Morgan fingerprint density at radius 3 is 2.45 bits per heavy atom. The number of rotatable bonds is 5. The van der Waals surface area contributed by atoms with Crippen LogP contribution >= 0.6 is 0 Å². The lowest BCUT2D eigenvalue weighted by molar-refractivity contribution is -0.119. The van der Waals surface area contributed by atoms with Gasteiger partial charge in [-0.25, -0.2) is 9.78 Å². The van der Waals surface area contributed by atoms with Crippen molar-refractivity contribution in [3.63, 3.8) is 0 Å². The van der Waals surface area contributed by atoms with Gasteiger partial charge in [0.25, 0.3) is 11.5 Å². The maximum absolute atomic E-state index is 12.8. The van der Waals surface area contributed by atoms with Crippen molar-refractivity contribution in [3.05, 3.63) is 64.2 Å². The summed E-state index contributed by atoms with van der Waals surface area (Å²) >= 11 is 0. The molecule has 0 spiro atoms. The van der Waals surface area contributed by atoms with E-state index in [-0.39, 0.29) is 17.0 Å². The van der Waals surface area contributed by atoms with E-state index in [1.54, 1.807) is 34.9 Å². The van der Waals surface area contributed by atoms with Gasteiger partial charge in [0, 0.05) is 31.3 Å². The number of hydrogen-bond acceptors (Lipinski definition) is 6. The summed E-state index contributed by atoms with van der Waals surface area (Å²) < 4.78 is 6.85. The second-order valence-corrected chi connectivity index (χ2v) is 7.91. The van der Waals surface area contributed by atoms with Gasteiger partial charge in [-0.2, -0.15) is 0 Å².